The van der Waals surface area contributed by atoms with Gasteiger partial charge in [0.2, 0.25) is 0 Å². The highest BCUT2D eigenvalue weighted by Gasteiger charge is 2.32. The van der Waals surface area contributed by atoms with Crippen LogP contribution < -0.4 is 10.1 Å². The van der Waals surface area contributed by atoms with Crippen molar-refractivity contribution in [3.8, 4) is 5.75 Å². The van der Waals surface area contributed by atoms with Gasteiger partial charge < -0.3 is 10.1 Å². The van der Waals surface area contributed by atoms with Crippen LogP contribution in [0.5, 0.6) is 5.75 Å². The Hall–Kier alpha value is -1.30. The van der Waals surface area contributed by atoms with Gasteiger partial charge in [0, 0.05) is 5.56 Å². The number of benzene rings is 1. The van der Waals surface area contributed by atoms with E-state index in [9.17, 15) is 17.6 Å². The van der Waals surface area contributed by atoms with Crippen molar-refractivity contribution < 1.29 is 27.6 Å². The van der Waals surface area contributed by atoms with Crippen molar-refractivity contribution in [1.29, 1.82) is 0 Å². The summed E-state index contributed by atoms with van der Waals surface area (Å²) in [5.41, 5.74) is 0.578. The molecule has 18 heavy (non-hydrogen) atoms. The van der Waals surface area contributed by atoms with Crippen molar-refractivity contribution in [2.75, 3.05) is 0 Å². The third-order valence-corrected chi connectivity index (χ3v) is 2.17. The highest BCUT2D eigenvalue weighted by molar-refractivity contribution is 5.29. The van der Waals surface area contributed by atoms with E-state index in [0.717, 1.165) is 12.1 Å². The average molecular weight is 266 g/mol. The summed E-state index contributed by atoms with van der Waals surface area (Å²) in [4.78, 5) is 0. The largest absolute Gasteiger partial charge is 0.573 e. The van der Waals surface area contributed by atoms with E-state index in [1.165, 1.54) is 6.07 Å². The zero-order chi connectivity index (χ0) is 14.0. The molecule has 0 fully saturated rings. The van der Waals surface area contributed by atoms with E-state index < -0.39 is 17.9 Å². The van der Waals surface area contributed by atoms with E-state index in [4.69, 9.17) is 0 Å². The first kappa shape index (κ1) is 14.8. The molecule has 2 N–H and O–H groups in total. The van der Waals surface area contributed by atoms with Gasteiger partial charge in [0.05, 0.1) is 5.54 Å². The molecule has 0 unspecified atom stereocenters. The van der Waals surface area contributed by atoms with Gasteiger partial charge in [-0.05, 0) is 39.0 Å². The number of halogens is 4. The van der Waals surface area contributed by atoms with Crippen LogP contribution in [0.3, 0.4) is 0 Å². The van der Waals surface area contributed by atoms with Crippen LogP contribution in [0.2, 0.25) is 0 Å². The molecule has 1 aromatic carbocycles. The van der Waals surface area contributed by atoms with Gasteiger partial charge in [0.15, 0.2) is 11.6 Å². The van der Waals surface area contributed by atoms with Gasteiger partial charge in [-0.25, -0.2) is 4.39 Å². The maximum atomic E-state index is 13.4. The summed E-state index contributed by atoms with van der Waals surface area (Å²) < 4.78 is 52.7. The average Bonchev–Trinajstić information content (AvgIpc) is 2.15. The van der Waals surface area contributed by atoms with Crippen molar-refractivity contribution in [3.05, 3.63) is 29.6 Å². The van der Waals surface area contributed by atoms with Gasteiger partial charge in [-0.15, -0.1) is 13.2 Å². The molecule has 0 aliphatic heterocycles. The molecule has 6 heteroatoms. The Morgan fingerprint density at radius 2 is 1.78 bits per heavy atom. The lowest BCUT2D eigenvalue weighted by atomic mass is 10.1. The molecule has 0 radical (unpaired) electrons. The van der Waals surface area contributed by atoms with Crippen molar-refractivity contribution in [1.82, 2.24) is 0 Å². The second-order valence-corrected chi connectivity index (χ2v) is 5.09. The van der Waals surface area contributed by atoms with E-state index >= 15 is 0 Å². The lowest BCUT2D eigenvalue weighted by Gasteiger charge is -2.17. The van der Waals surface area contributed by atoms with Crippen LogP contribution in [0.15, 0.2) is 18.2 Å². The molecule has 0 saturated carbocycles. The van der Waals surface area contributed by atoms with Crippen LogP contribution in [0.4, 0.5) is 17.6 Å². The van der Waals surface area contributed by atoms with Crippen LogP contribution in [-0.4, -0.2) is 11.9 Å². The second-order valence-electron chi connectivity index (χ2n) is 5.09. The lowest BCUT2D eigenvalue weighted by molar-refractivity contribution is -0.731. The Balaban J connectivity index is 2.74. The molecule has 0 aromatic heterocycles. The number of alkyl halides is 3. The Bertz CT molecular complexity index is 410. The smallest absolute Gasteiger partial charge is 0.403 e. The van der Waals surface area contributed by atoms with Gasteiger partial charge in [-0.3, -0.25) is 0 Å². The lowest BCUT2D eigenvalue weighted by Crippen LogP contribution is -2.92. The minimum atomic E-state index is -4.88. The fraction of sp³-hybridized carbons (Fsp3) is 0.500. The summed E-state index contributed by atoms with van der Waals surface area (Å²) in [7, 11) is 0. The molecule has 0 aliphatic carbocycles. The molecule has 102 valence electrons. The molecule has 0 spiro atoms. The first-order chi connectivity index (χ1) is 8.07. The number of quaternary nitrogens is 1. The van der Waals surface area contributed by atoms with E-state index in [0.29, 0.717) is 12.1 Å². The van der Waals surface area contributed by atoms with E-state index in [1.807, 2.05) is 26.1 Å². The van der Waals surface area contributed by atoms with Crippen LogP contribution in [0.1, 0.15) is 26.3 Å². The van der Waals surface area contributed by atoms with Crippen molar-refractivity contribution in [3.63, 3.8) is 0 Å². The fourth-order valence-corrected chi connectivity index (χ4v) is 1.30. The summed E-state index contributed by atoms with van der Waals surface area (Å²) in [5.74, 6) is -1.81. The monoisotopic (exact) mass is 266 g/mol. The molecule has 0 aliphatic rings. The predicted molar refractivity (Wildman–Crippen MR) is 58.5 cm³/mol. The third kappa shape index (κ3) is 5.35. The van der Waals surface area contributed by atoms with Gasteiger partial charge in [0.25, 0.3) is 0 Å². The molecule has 0 heterocycles. The molecule has 1 rings (SSSR count). The summed E-state index contributed by atoms with van der Waals surface area (Å²) >= 11 is 0. The molecule has 0 bridgehead atoms. The van der Waals surface area contributed by atoms with Gasteiger partial charge in [-0.2, -0.15) is 0 Å². The van der Waals surface area contributed by atoms with Gasteiger partial charge in [-0.1, -0.05) is 0 Å². The predicted octanol–water partition coefficient (Wildman–Crippen LogP) is 2.59. The maximum Gasteiger partial charge on any atom is 0.573 e. The normalized spacial score (nSPS) is 12.6. The number of ether oxygens (including phenoxy) is 1. The van der Waals surface area contributed by atoms with Crippen molar-refractivity contribution >= 4 is 0 Å². The minimum Gasteiger partial charge on any atom is -0.403 e. The summed E-state index contributed by atoms with van der Waals surface area (Å²) in [6.45, 7) is 6.46. The van der Waals surface area contributed by atoms with Crippen LogP contribution >= 0.6 is 0 Å². The van der Waals surface area contributed by atoms with Crippen molar-refractivity contribution in [2.45, 2.75) is 39.2 Å². The molecular formula is C12H16F4NO+. The molecule has 2 nitrogen and oxygen atoms in total. The second kappa shape index (κ2) is 5.14. The fourth-order valence-electron chi connectivity index (χ4n) is 1.30. The number of rotatable bonds is 3. The Kier molecular flexibility index (Phi) is 4.21. The Labute approximate surface area is 103 Å². The Morgan fingerprint density at radius 1 is 1.17 bits per heavy atom. The van der Waals surface area contributed by atoms with E-state index in [-0.39, 0.29) is 5.54 Å². The zero-order valence-corrected chi connectivity index (χ0v) is 10.4. The maximum absolute atomic E-state index is 13.4. The van der Waals surface area contributed by atoms with E-state index in [1.54, 1.807) is 0 Å². The minimum absolute atomic E-state index is 0.0301. The molecule has 0 amide bonds. The van der Waals surface area contributed by atoms with Gasteiger partial charge in [0.1, 0.15) is 6.54 Å². The van der Waals surface area contributed by atoms with Crippen molar-refractivity contribution in [2.24, 2.45) is 0 Å². The van der Waals surface area contributed by atoms with E-state index in [2.05, 4.69) is 4.74 Å². The number of hydrogen-bond acceptors (Lipinski definition) is 1. The topological polar surface area (TPSA) is 25.8 Å². The molecule has 1 aromatic rings. The molecule has 0 atom stereocenters. The summed E-state index contributed by atoms with van der Waals surface area (Å²) in [6.07, 6.45) is -4.88. The summed E-state index contributed by atoms with van der Waals surface area (Å²) in [6, 6.07) is 3.48. The quantitative estimate of drug-likeness (QED) is 0.836. The zero-order valence-electron chi connectivity index (χ0n) is 10.4. The SMILES string of the molecule is CC(C)(C)[NH2+]Cc1ccc(OC(F)(F)F)c(F)c1. The molecular weight excluding hydrogens is 250 g/mol. The molecule has 0 saturated heterocycles. The highest BCUT2D eigenvalue weighted by atomic mass is 19.4. The van der Waals surface area contributed by atoms with Crippen LogP contribution in [0.25, 0.3) is 0 Å². The Morgan fingerprint density at radius 3 is 2.22 bits per heavy atom. The highest BCUT2D eigenvalue weighted by Crippen LogP contribution is 2.25. The van der Waals surface area contributed by atoms with Crippen LogP contribution in [0, 0.1) is 5.82 Å². The van der Waals surface area contributed by atoms with Gasteiger partial charge >= 0.3 is 6.36 Å². The summed E-state index contributed by atoms with van der Waals surface area (Å²) in [5, 5.41) is 1.96. The number of hydrogen-bond donors (Lipinski definition) is 1. The number of nitrogens with two attached hydrogens (primary N) is 1. The standard InChI is InChI=1S/C12H15F4NO/c1-11(2,3)17-7-8-4-5-10(9(13)6-8)18-12(14,15)16/h4-6,17H,7H2,1-3H3/p+1. The third-order valence-electron chi connectivity index (χ3n) is 2.17. The first-order valence-corrected chi connectivity index (χ1v) is 5.45. The first-order valence-electron chi connectivity index (χ1n) is 5.45. The van der Waals surface area contributed by atoms with Crippen LogP contribution in [-0.2, 0) is 6.54 Å².